The van der Waals surface area contributed by atoms with E-state index < -0.39 is 0 Å². The second-order valence-electron chi connectivity index (χ2n) is 5.92. The van der Waals surface area contributed by atoms with Crippen LogP contribution < -0.4 is 5.32 Å². The van der Waals surface area contributed by atoms with Crippen molar-refractivity contribution in [2.45, 2.75) is 19.3 Å². The van der Waals surface area contributed by atoms with E-state index in [1.165, 1.54) is 12.8 Å². The standard InChI is InChI=1S/C16H20N2O2/c19-18(20)16-5-2-12(3-6-16)7-8-17-11-15-10-13-1-4-14(15)9-13/h1-6,13-15,17H,7-11H2. The van der Waals surface area contributed by atoms with E-state index in [4.69, 9.17) is 0 Å². The number of nitrogens with one attached hydrogen (secondary N) is 1. The van der Waals surface area contributed by atoms with Gasteiger partial charge in [-0.05, 0) is 55.7 Å². The third kappa shape index (κ3) is 2.90. The van der Waals surface area contributed by atoms with Crippen LogP contribution in [0.15, 0.2) is 36.4 Å². The summed E-state index contributed by atoms with van der Waals surface area (Å²) in [6, 6.07) is 6.85. The number of hydrogen-bond donors (Lipinski definition) is 1. The van der Waals surface area contributed by atoms with Gasteiger partial charge in [0.25, 0.3) is 5.69 Å². The van der Waals surface area contributed by atoms with E-state index in [2.05, 4.69) is 17.5 Å². The first-order valence-corrected chi connectivity index (χ1v) is 7.35. The first-order valence-electron chi connectivity index (χ1n) is 7.35. The summed E-state index contributed by atoms with van der Waals surface area (Å²) < 4.78 is 0. The Morgan fingerprint density at radius 3 is 2.60 bits per heavy atom. The molecule has 0 aromatic heterocycles. The zero-order valence-corrected chi connectivity index (χ0v) is 11.5. The molecule has 1 fully saturated rings. The molecule has 0 saturated heterocycles. The predicted molar refractivity (Wildman–Crippen MR) is 78.5 cm³/mol. The molecule has 2 aliphatic carbocycles. The monoisotopic (exact) mass is 272 g/mol. The molecule has 3 atom stereocenters. The Kier molecular flexibility index (Phi) is 3.83. The number of benzene rings is 1. The van der Waals surface area contributed by atoms with Crippen molar-refractivity contribution < 1.29 is 4.92 Å². The number of fused-ring (bicyclic) bond motifs is 2. The molecule has 1 saturated carbocycles. The lowest BCUT2D eigenvalue weighted by Crippen LogP contribution is -2.27. The van der Waals surface area contributed by atoms with Crippen molar-refractivity contribution in [3.05, 3.63) is 52.1 Å². The Hall–Kier alpha value is -1.68. The summed E-state index contributed by atoms with van der Waals surface area (Å²) in [6.45, 7) is 2.04. The van der Waals surface area contributed by atoms with Crippen LogP contribution in [0.2, 0.25) is 0 Å². The van der Waals surface area contributed by atoms with Gasteiger partial charge in [0.05, 0.1) is 4.92 Å². The molecule has 0 heterocycles. The lowest BCUT2D eigenvalue weighted by atomic mass is 9.93. The van der Waals surface area contributed by atoms with Gasteiger partial charge in [0.1, 0.15) is 0 Å². The maximum absolute atomic E-state index is 10.6. The minimum atomic E-state index is -0.356. The van der Waals surface area contributed by atoms with Gasteiger partial charge in [-0.15, -0.1) is 0 Å². The molecule has 0 aliphatic heterocycles. The van der Waals surface area contributed by atoms with Gasteiger partial charge in [-0.2, -0.15) is 0 Å². The highest BCUT2D eigenvalue weighted by atomic mass is 16.6. The van der Waals surface area contributed by atoms with Crippen molar-refractivity contribution in [2.24, 2.45) is 17.8 Å². The molecule has 3 rings (SSSR count). The van der Waals surface area contributed by atoms with Gasteiger partial charge in [-0.3, -0.25) is 10.1 Å². The second-order valence-corrected chi connectivity index (χ2v) is 5.92. The Labute approximate surface area is 119 Å². The van der Waals surface area contributed by atoms with Gasteiger partial charge in [-0.25, -0.2) is 0 Å². The third-order valence-corrected chi connectivity index (χ3v) is 4.56. The molecular formula is C16H20N2O2. The minimum Gasteiger partial charge on any atom is -0.316 e. The maximum Gasteiger partial charge on any atom is 0.269 e. The molecule has 1 aromatic rings. The van der Waals surface area contributed by atoms with Crippen LogP contribution in [0.4, 0.5) is 5.69 Å². The topological polar surface area (TPSA) is 55.2 Å². The first kappa shape index (κ1) is 13.3. The summed E-state index contributed by atoms with van der Waals surface area (Å²) in [6.07, 6.45) is 8.38. The van der Waals surface area contributed by atoms with Crippen LogP contribution in [0.3, 0.4) is 0 Å². The maximum atomic E-state index is 10.6. The fourth-order valence-electron chi connectivity index (χ4n) is 3.43. The molecule has 0 spiro atoms. The number of rotatable bonds is 6. The predicted octanol–water partition coefficient (Wildman–Crippen LogP) is 2.94. The summed E-state index contributed by atoms with van der Waals surface area (Å²) >= 11 is 0. The molecule has 4 nitrogen and oxygen atoms in total. The van der Waals surface area contributed by atoms with Crippen LogP contribution in [-0.2, 0) is 6.42 Å². The number of allylic oxidation sites excluding steroid dienone is 2. The van der Waals surface area contributed by atoms with Gasteiger partial charge < -0.3 is 5.32 Å². The zero-order chi connectivity index (χ0) is 13.9. The number of non-ortho nitro benzene ring substituents is 1. The first-order chi connectivity index (χ1) is 9.72. The second kappa shape index (κ2) is 5.75. The van der Waals surface area contributed by atoms with E-state index in [-0.39, 0.29) is 10.6 Å². The SMILES string of the molecule is O=[N+]([O-])c1ccc(CCNCC2CC3C=CC2C3)cc1. The van der Waals surface area contributed by atoms with E-state index in [0.29, 0.717) is 0 Å². The average molecular weight is 272 g/mol. The Morgan fingerprint density at radius 2 is 2.00 bits per heavy atom. The fraction of sp³-hybridized carbons (Fsp3) is 0.500. The largest absolute Gasteiger partial charge is 0.316 e. The summed E-state index contributed by atoms with van der Waals surface area (Å²) in [5, 5.41) is 14.1. The third-order valence-electron chi connectivity index (χ3n) is 4.56. The molecule has 4 heteroatoms. The normalized spacial score (nSPS) is 27.1. The van der Waals surface area contributed by atoms with Crippen molar-refractivity contribution in [1.82, 2.24) is 5.32 Å². The van der Waals surface area contributed by atoms with E-state index >= 15 is 0 Å². The molecule has 1 N–H and O–H groups in total. The Morgan fingerprint density at radius 1 is 1.20 bits per heavy atom. The highest BCUT2D eigenvalue weighted by Gasteiger charge is 2.34. The lowest BCUT2D eigenvalue weighted by molar-refractivity contribution is -0.384. The van der Waals surface area contributed by atoms with E-state index in [0.717, 1.165) is 42.8 Å². The van der Waals surface area contributed by atoms with Crippen molar-refractivity contribution in [1.29, 1.82) is 0 Å². The highest BCUT2D eigenvalue weighted by molar-refractivity contribution is 5.32. The fourth-order valence-corrected chi connectivity index (χ4v) is 3.43. The molecular weight excluding hydrogens is 252 g/mol. The van der Waals surface area contributed by atoms with E-state index in [9.17, 15) is 10.1 Å². The van der Waals surface area contributed by atoms with Gasteiger partial charge in [0, 0.05) is 12.1 Å². The molecule has 3 unspecified atom stereocenters. The number of nitrogens with zero attached hydrogens (tertiary/aromatic N) is 1. The van der Waals surface area contributed by atoms with Gasteiger partial charge in [0.2, 0.25) is 0 Å². The quantitative estimate of drug-likeness (QED) is 0.375. The van der Waals surface area contributed by atoms with Crippen molar-refractivity contribution in [3.8, 4) is 0 Å². The van der Waals surface area contributed by atoms with Gasteiger partial charge in [-0.1, -0.05) is 24.3 Å². The molecule has 0 radical (unpaired) electrons. The minimum absolute atomic E-state index is 0.162. The summed E-state index contributed by atoms with van der Waals surface area (Å²) in [5.74, 6) is 2.44. The molecule has 106 valence electrons. The van der Waals surface area contributed by atoms with Crippen molar-refractivity contribution in [3.63, 3.8) is 0 Å². The van der Waals surface area contributed by atoms with Gasteiger partial charge in [0.15, 0.2) is 0 Å². The summed E-state index contributed by atoms with van der Waals surface area (Å²) in [4.78, 5) is 10.2. The molecule has 2 aliphatic rings. The lowest BCUT2D eigenvalue weighted by Gasteiger charge is -2.18. The molecule has 2 bridgehead atoms. The van der Waals surface area contributed by atoms with Crippen LogP contribution >= 0.6 is 0 Å². The van der Waals surface area contributed by atoms with Gasteiger partial charge >= 0.3 is 0 Å². The van der Waals surface area contributed by atoms with Crippen LogP contribution in [-0.4, -0.2) is 18.0 Å². The smallest absolute Gasteiger partial charge is 0.269 e. The van der Waals surface area contributed by atoms with Crippen LogP contribution in [0, 0.1) is 27.9 Å². The van der Waals surface area contributed by atoms with Crippen LogP contribution in [0.5, 0.6) is 0 Å². The summed E-state index contributed by atoms with van der Waals surface area (Å²) in [7, 11) is 0. The van der Waals surface area contributed by atoms with E-state index in [1.54, 1.807) is 12.1 Å². The van der Waals surface area contributed by atoms with E-state index in [1.807, 2.05) is 12.1 Å². The zero-order valence-electron chi connectivity index (χ0n) is 11.5. The number of nitro groups is 1. The molecule has 1 aromatic carbocycles. The highest BCUT2D eigenvalue weighted by Crippen LogP contribution is 2.42. The number of nitro benzene ring substituents is 1. The molecule has 20 heavy (non-hydrogen) atoms. The number of hydrogen-bond acceptors (Lipinski definition) is 3. The van der Waals surface area contributed by atoms with Crippen molar-refractivity contribution in [2.75, 3.05) is 13.1 Å². The Bertz CT molecular complexity index is 510. The van der Waals surface area contributed by atoms with Crippen molar-refractivity contribution >= 4 is 5.69 Å². The molecule has 0 amide bonds. The average Bonchev–Trinajstić information content (AvgIpc) is 3.06. The Balaban J connectivity index is 1.39. The van der Waals surface area contributed by atoms with Crippen LogP contribution in [0.25, 0.3) is 0 Å². The van der Waals surface area contributed by atoms with Crippen LogP contribution in [0.1, 0.15) is 18.4 Å². The summed E-state index contributed by atoms with van der Waals surface area (Å²) in [5.41, 5.74) is 1.31.